The van der Waals surface area contributed by atoms with Crippen molar-refractivity contribution in [2.45, 2.75) is 0 Å². The van der Waals surface area contributed by atoms with Gasteiger partial charge >= 0.3 is 0 Å². The van der Waals surface area contributed by atoms with Gasteiger partial charge in [-0.2, -0.15) is 0 Å². The molecule has 0 saturated heterocycles. The Morgan fingerprint density at radius 2 is 2.07 bits per heavy atom. The molecule has 0 fully saturated rings. The number of rotatable bonds is 0. The maximum atomic E-state index is 6.01. The minimum atomic E-state index is 0.771. The Morgan fingerprint density at radius 3 is 3.00 bits per heavy atom. The van der Waals surface area contributed by atoms with E-state index >= 15 is 0 Å². The first-order chi connectivity index (χ1) is 6.84. The van der Waals surface area contributed by atoms with E-state index in [1.54, 1.807) is 0 Å². The lowest BCUT2D eigenvalue weighted by Crippen LogP contribution is -1.93. The van der Waals surface area contributed by atoms with Crippen LogP contribution in [0.2, 0.25) is 0 Å². The van der Waals surface area contributed by atoms with Gasteiger partial charge < -0.3 is 0 Å². The number of halogens is 1. The molecule has 0 atom stereocenters. The summed E-state index contributed by atoms with van der Waals surface area (Å²) in [5.41, 5.74) is 2.27. The topological polar surface area (TPSA) is 0 Å². The van der Waals surface area contributed by atoms with Crippen LogP contribution in [0.3, 0.4) is 0 Å². The van der Waals surface area contributed by atoms with Crippen LogP contribution in [0.25, 0.3) is 16.8 Å². The fourth-order valence-corrected chi connectivity index (χ4v) is 2.12. The van der Waals surface area contributed by atoms with E-state index in [1.165, 1.54) is 16.3 Å². The molecule has 0 bridgehead atoms. The smallest absolute Gasteiger partial charge is 0.0322 e. The molecule has 0 spiro atoms. The third-order valence-electron chi connectivity index (χ3n) is 2.48. The third kappa shape index (κ3) is 1.08. The highest BCUT2D eigenvalue weighted by atomic mass is 35.5. The van der Waals surface area contributed by atoms with Crippen LogP contribution >= 0.6 is 11.6 Å². The minimum Gasteiger partial charge on any atom is -0.0884 e. The molecule has 0 N–H and O–H groups in total. The Balaban J connectivity index is 2.50. The average Bonchev–Trinajstić information content (AvgIpc) is 2.18. The first-order valence-corrected chi connectivity index (χ1v) is 4.88. The van der Waals surface area contributed by atoms with Gasteiger partial charge in [0.15, 0.2) is 0 Å². The molecule has 0 aliphatic heterocycles. The van der Waals surface area contributed by atoms with Crippen LogP contribution in [0.4, 0.5) is 0 Å². The summed E-state index contributed by atoms with van der Waals surface area (Å²) >= 11 is 6.01. The number of hydrogen-bond acceptors (Lipinski definition) is 0. The van der Waals surface area contributed by atoms with Gasteiger partial charge in [-0.1, -0.05) is 41.9 Å². The summed E-state index contributed by atoms with van der Waals surface area (Å²) in [6, 6.07) is 13.4. The van der Waals surface area contributed by atoms with Crippen LogP contribution in [0, 0.1) is 12.5 Å². The Bertz CT molecular complexity index is 533. The fourth-order valence-electron chi connectivity index (χ4n) is 1.89. The van der Waals surface area contributed by atoms with Gasteiger partial charge in [0.1, 0.15) is 0 Å². The summed E-state index contributed by atoms with van der Waals surface area (Å²) in [5, 5.41) is 3.26. The normalized spacial score (nSPS) is 14.2. The number of hydrogen-bond donors (Lipinski definition) is 0. The monoisotopic (exact) mass is 198 g/mol. The standard InChI is InChI=1S/C13H7Cl/c14-12-7-10-5-1-3-9-4-2-6-11(8-12)13(9)10/h1-5,7-8H. The van der Waals surface area contributed by atoms with Gasteiger partial charge in [-0.25, -0.2) is 0 Å². The van der Waals surface area contributed by atoms with Gasteiger partial charge in [0.2, 0.25) is 0 Å². The second-order valence-electron chi connectivity index (χ2n) is 3.38. The Morgan fingerprint density at radius 1 is 1.14 bits per heavy atom. The summed E-state index contributed by atoms with van der Waals surface area (Å²) in [7, 11) is 0. The lowest BCUT2D eigenvalue weighted by molar-refractivity contribution is 1.52. The predicted molar refractivity (Wildman–Crippen MR) is 60.0 cm³/mol. The maximum absolute atomic E-state index is 6.01. The molecule has 0 unspecified atom stereocenters. The van der Waals surface area contributed by atoms with E-state index in [9.17, 15) is 0 Å². The zero-order valence-corrected chi connectivity index (χ0v) is 8.18. The molecule has 1 aliphatic rings. The van der Waals surface area contributed by atoms with E-state index in [1.807, 2.05) is 24.6 Å². The van der Waals surface area contributed by atoms with Crippen LogP contribution in [-0.4, -0.2) is 0 Å². The minimum absolute atomic E-state index is 0.771. The Hall–Kier alpha value is -1.27. The first kappa shape index (κ1) is 8.07. The molecular weight excluding hydrogens is 192 g/mol. The molecule has 0 aromatic heterocycles. The van der Waals surface area contributed by atoms with E-state index in [2.05, 4.69) is 24.3 Å². The highest BCUT2D eigenvalue weighted by molar-refractivity contribution is 6.34. The van der Waals surface area contributed by atoms with Crippen LogP contribution in [0.15, 0.2) is 35.4 Å². The van der Waals surface area contributed by atoms with Crippen molar-refractivity contribution in [3.63, 3.8) is 0 Å². The molecule has 66 valence electrons. The largest absolute Gasteiger partial charge is 0.0884 e. The van der Waals surface area contributed by atoms with Gasteiger partial charge in [0.25, 0.3) is 0 Å². The molecule has 0 amide bonds. The van der Waals surface area contributed by atoms with Crippen molar-refractivity contribution in [3.8, 4) is 0 Å². The highest BCUT2D eigenvalue weighted by Gasteiger charge is 2.11. The summed E-state index contributed by atoms with van der Waals surface area (Å²) in [6.45, 7) is 0. The second kappa shape index (κ2) is 2.86. The van der Waals surface area contributed by atoms with E-state index in [0.29, 0.717) is 0 Å². The zero-order valence-electron chi connectivity index (χ0n) is 7.42. The second-order valence-corrected chi connectivity index (χ2v) is 3.81. The van der Waals surface area contributed by atoms with E-state index in [4.69, 9.17) is 11.6 Å². The van der Waals surface area contributed by atoms with Crippen molar-refractivity contribution in [2.24, 2.45) is 0 Å². The van der Waals surface area contributed by atoms with Crippen molar-refractivity contribution in [1.82, 2.24) is 0 Å². The maximum Gasteiger partial charge on any atom is 0.0322 e. The van der Waals surface area contributed by atoms with Crippen molar-refractivity contribution in [2.75, 3.05) is 0 Å². The van der Waals surface area contributed by atoms with Crippen LogP contribution in [-0.2, 0) is 0 Å². The molecule has 2 radical (unpaired) electrons. The molecule has 1 heteroatoms. The highest BCUT2D eigenvalue weighted by Crippen LogP contribution is 2.32. The van der Waals surface area contributed by atoms with Crippen molar-refractivity contribution < 1.29 is 0 Å². The van der Waals surface area contributed by atoms with Crippen molar-refractivity contribution >= 4 is 28.4 Å². The lowest BCUT2D eigenvalue weighted by Gasteiger charge is -2.13. The molecule has 0 nitrogen and oxygen atoms in total. The summed E-state index contributed by atoms with van der Waals surface area (Å²) < 4.78 is 0. The molecule has 3 rings (SSSR count). The molecule has 2 aromatic carbocycles. The van der Waals surface area contributed by atoms with Gasteiger partial charge in [-0.05, 0) is 34.0 Å². The van der Waals surface area contributed by atoms with E-state index < -0.39 is 0 Å². The Labute approximate surface area is 87.8 Å². The molecule has 2 aromatic rings. The molecule has 14 heavy (non-hydrogen) atoms. The van der Waals surface area contributed by atoms with Gasteiger partial charge in [-0.3, -0.25) is 0 Å². The van der Waals surface area contributed by atoms with Crippen LogP contribution in [0.1, 0.15) is 11.1 Å². The third-order valence-corrected chi connectivity index (χ3v) is 2.69. The number of allylic oxidation sites excluding steroid dienone is 1. The summed E-state index contributed by atoms with van der Waals surface area (Å²) in [6.07, 6.45) is 3.95. The van der Waals surface area contributed by atoms with Gasteiger partial charge in [-0.15, -0.1) is 0 Å². The fraction of sp³-hybridized carbons (Fsp3) is 0. The first-order valence-electron chi connectivity index (χ1n) is 4.50. The lowest BCUT2D eigenvalue weighted by atomic mass is 9.93. The molecule has 1 aliphatic carbocycles. The zero-order chi connectivity index (χ0) is 9.54. The van der Waals surface area contributed by atoms with Gasteiger partial charge in [0, 0.05) is 11.5 Å². The van der Waals surface area contributed by atoms with Crippen LogP contribution in [0.5, 0.6) is 0 Å². The van der Waals surface area contributed by atoms with Crippen molar-refractivity contribution in [1.29, 1.82) is 0 Å². The van der Waals surface area contributed by atoms with E-state index in [0.717, 1.165) is 10.6 Å². The van der Waals surface area contributed by atoms with E-state index in [-0.39, 0.29) is 0 Å². The predicted octanol–water partition coefficient (Wildman–Crippen LogP) is 3.79. The summed E-state index contributed by atoms with van der Waals surface area (Å²) in [4.78, 5) is 0. The van der Waals surface area contributed by atoms with Crippen molar-refractivity contribution in [3.05, 3.63) is 59.0 Å². The SMILES string of the molecule is ClC1=Cc2[c]ccc3cccc(c23)[CH]1. The molecule has 0 heterocycles. The molecule has 0 saturated carbocycles. The van der Waals surface area contributed by atoms with Gasteiger partial charge in [0.05, 0.1) is 0 Å². The quantitative estimate of drug-likeness (QED) is 0.604. The average molecular weight is 199 g/mol. The Kier molecular flexibility index (Phi) is 1.65. The molecular formula is C13H7Cl. The summed E-state index contributed by atoms with van der Waals surface area (Å²) in [5.74, 6) is 0. The van der Waals surface area contributed by atoms with Crippen LogP contribution < -0.4 is 0 Å². The number of benzene rings is 2.